The third-order valence-corrected chi connectivity index (χ3v) is 5.09. The van der Waals surface area contributed by atoms with Crippen LogP contribution in [0.3, 0.4) is 0 Å². The summed E-state index contributed by atoms with van der Waals surface area (Å²) >= 11 is 0. The van der Waals surface area contributed by atoms with Crippen molar-refractivity contribution in [3.63, 3.8) is 0 Å². The standard InChI is InChI=1S/C17H20N2O3S/c18-23(21,22)9-3-8-19-17(20)16-11-15(16)14-7-6-12-4-1-2-5-13(12)10-14/h1-2,4-7,10,15-16H,3,8-9,11H2,(H,19,20)(H2,18,21,22)/t15-,16+/m0/s1. The van der Waals surface area contributed by atoms with Crippen molar-refractivity contribution in [1.82, 2.24) is 5.32 Å². The van der Waals surface area contributed by atoms with E-state index >= 15 is 0 Å². The van der Waals surface area contributed by atoms with Gasteiger partial charge < -0.3 is 5.32 Å². The molecule has 1 aliphatic carbocycles. The summed E-state index contributed by atoms with van der Waals surface area (Å²) in [5.41, 5.74) is 1.19. The SMILES string of the molecule is NS(=O)(=O)CCCNC(=O)[C@@H]1C[C@H]1c1ccc2ccccc2c1. The molecule has 0 aromatic heterocycles. The number of rotatable bonds is 6. The molecule has 3 rings (SSSR count). The molecule has 2 aromatic carbocycles. The van der Waals surface area contributed by atoms with Crippen molar-refractivity contribution in [3.05, 3.63) is 48.0 Å². The van der Waals surface area contributed by atoms with Crippen molar-refractivity contribution in [1.29, 1.82) is 0 Å². The van der Waals surface area contributed by atoms with Gasteiger partial charge in [0.05, 0.1) is 5.75 Å². The van der Waals surface area contributed by atoms with E-state index in [4.69, 9.17) is 5.14 Å². The summed E-state index contributed by atoms with van der Waals surface area (Å²) < 4.78 is 21.7. The smallest absolute Gasteiger partial charge is 0.223 e. The highest BCUT2D eigenvalue weighted by Gasteiger charge is 2.43. The molecule has 1 saturated carbocycles. The van der Waals surface area contributed by atoms with Crippen LogP contribution in [0.4, 0.5) is 0 Å². The van der Waals surface area contributed by atoms with E-state index in [-0.39, 0.29) is 23.5 Å². The van der Waals surface area contributed by atoms with E-state index in [1.807, 2.05) is 12.1 Å². The predicted molar refractivity (Wildman–Crippen MR) is 90.4 cm³/mol. The summed E-state index contributed by atoms with van der Waals surface area (Å²) in [6, 6.07) is 14.5. The predicted octanol–water partition coefficient (Wildman–Crippen LogP) is 1.74. The monoisotopic (exact) mass is 332 g/mol. The minimum absolute atomic E-state index is 0.00224. The number of fused-ring (bicyclic) bond motifs is 1. The van der Waals surface area contributed by atoms with Crippen LogP contribution in [0.1, 0.15) is 24.3 Å². The molecule has 1 aliphatic rings. The molecular weight excluding hydrogens is 312 g/mol. The van der Waals surface area contributed by atoms with Crippen molar-refractivity contribution in [2.45, 2.75) is 18.8 Å². The maximum Gasteiger partial charge on any atom is 0.223 e. The Kier molecular flexibility index (Phi) is 4.37. The van der Waals surface area contributed by atoms with Crippen LogP contribution in [-0.2, 0) is 14.8 Å². The van der Waals surface area contributed by atoms with Crippen molar-refractivity contribution in [3.8, 4) is 0 Å². The third-order valence-electron chi connectivity index (χ3n) is 4.23. The molecule has 1 fully saturated rings. The van der Waals surface area contributed by atoms with E-state index in [1.54, 1.807) is 0 Å². The molecule has 1 amide bonds. The molecule has 0 unspecified atom stereocenters. The maximum absolute atomic E-state index is 12.1. The van der Waals surface area contributed by atoms with E-state index in [2.05, 4.69) is 35.6 Å². The number of primary sulfonamides is 1. The number of carbonyl (C=O) groups is 1. The van der Waals surface area contributed by atoms with Gasteiger partial charge in [0.2, 0.25) is 15.9 Å². The first-order chi connectivity index (χ1) is 10.9. The molecule has 0 saturated heterocycles. The van der Waals surface area contributed by atoms with Gasteiger partial charge in [-0.15, -0.1) is 0 Å². The number of sulfonamides is 1. The number of hydrogen-bond acceptors (Lipinski definition) is 3. The summed E-state index contributed by atoms with van der Waals surface area (Å²) in [7, 11) is -3.45. The molecule has 2 aromatic rings. The van der Waals surface area contributed by atoms with Gasteiger partial charge in [0.1, 0.15) is 0 Å². The summed E-state index contributed by atoms with van der Waals surface area (Å²) in [5.74, 6) is 0.146. The van der Waals surface area contributed by atoms with Crippen molar-refractivity contribution in [2.24, 2.45) is 11.1 Å². The zero-order valence-electron chi connectivity index (χ0n) is 12.7. The van der Waals surface area contributed by atoms with Gasteiger partial charge in [-0.2, -0.15) is 0 Å². The Balaban J connectivity index is 1.54. The lowest BCUT2D eigenvalue weighted by atomic mass is 10.0. The summed E-state index contributed by atoms with van der Waals surface area (Å²) in [5, 5.41) is 10.1. The highest BCUT2D eigenvalue weighted by molar-refractivity contribution is 7.89. The fraction of sp³-hybridized carbons (Fsp3) is 0.353. The Morgan fingerprint density at radius 3 is 2.65 bits per heavy atom. The summed E-state index contributed by atoms with van der Waals surface area (Å²) in [4.78, 5) is 12.1. The van der Waals surface area contributed by atoms with E-state index in [9.17, 15) is 13.2 Å². The molecule has 0 heterocycles. The van der Waals surface area contributed by atoms with Gasteiger partial charge in [-0.25, -0.2) is 13.6 Å². The average molecular weight is 332 g/mol. The zero-order valence-corrected chi connectivity index (χ0v) is 13.6. The molecule has 122 valence electrons. The Morgan fingerprint density at radius 2 is 1.91 bits per heavy atom. The topological polar surface area (TPSA) is 89.3 Å². The van der Waals surface area contributed by atoms with E-state index in [0.29, 0.717) is 13.0 Å². The first-order valence-electron chi connectivity index (χ1n) is 7.71. The molecule has 5 nitrogen and oxygen atoms in total. The second-order valence-corrected chi connectivity index (χ2v) is 7.80. The van der Waals surface area contributed by atoms with Crippen LogP contribution in [0.5, 0.6) is 0 Å². The average Bonchev–Trinajstić information content (AvgIpc) is 3.30. The zero-order chi connectivity index (χ0) is 16.4. The molecule has 23 heavy (non-hydrogen) atoms. The van der Waals surface area contributed by atoms with E-state index in [1.165, 1.54) is 16.3 Å². The Bertz CT molecular complexity index is 833. The van der Waals surface area contributed by atoms with Gasteiger partial charge in [-0.05, 0) is 35.1 Å². The molecule has 0 aliphatic heterocycles. The largest absolute Gasteiger partial charge is 0.356 e. The number of nitrogens with two attached hydrogens (primary N) is 1. The van der Waals surface area contributed by atoms with Gasteiger partial charge in [0.25, 0.3) is 0 Å². The van der Waals surface area contributed by atoms with Crippen LogP contribution < -0.4 is 10.5 Å². The summed E-state index contributed by atoms with van der Waals surface area (Å²) in [6.07, 6.45) is 1.19. The highest BCUT2D eigenvalue weighted by Crippen LogP contribution is 2.48. The molecule has 0 bridgehead atoms. The van der Waals surface area contributed by atoms with Gasteiger partial charge >= 0.3 is 0 Å². The van der Waals surface area contributed by atoms with Crippen LogP contribution in [0.15, 0.2) is 42.5 Å². The molecule has 0 radical (unpaired) electrons. The highest BCUT2D eigenvalue weighted by atomic mass is 32.2. The summed E-state index contributed by atoms with van der Waals surface area (Å²) in [6.45, 7) is 0.343. The third kappa shape index (κ3) is 4.09. The fourth-order valence-electron chi connectivity index (χ4n) is 2.91. The maximum atomic E-state index is 12.1. The Hall–Kier alpha value is -1.92. The number of nitrogens with one attached hydrogen (secondary N) is 1. The van der Waals surface area contributed by atoms with E-state index in [0.717, 1.165) is 6.42 Å². The van der Waals surface area contributed by atoms with Crippen molar-refractivity contribution >= 4 is 26.7 Å². The quantitative estimate of drug-likeness (QED) is 0.790. The van der Waals surface area contributed by atoms with Crippen LogP contribution in [0.2, 0.25) is 0 Å². The lowest BCUT2D eigenvalue weighted by molar-refractivity contribution is -0.122. The van der Waals surface area contributed by atoms with Gasteiger partial charge in [-0.3, -0.25) is 4.79 Å². The van der Waals surface area contributed by atoms with Crippen LogP contribution in [0, 0.1) is 5.92 Å². The van der Waals surface area contributed by atoms with Crippen LogP contribution in [0.25, 0.3) is 10.8 Å². The van der Waals surface area contributed by atoms with Gasteiger partial charge in [0, 0.05) is 12.5 Å². The van der Waals surface area contributed by atoms with Crippen molar-refractivity contribution in [2.75, 3.05) is 12.3 Å². The van der Waals surface area contributed by atoms with E-state index < -0.39 is 10.0 Å². The first kappa shape index (κ1) is 16.0. The molecular formula is C17H20N2O3S. The first-order valence-corrected chi connectivity index (χ1v) is 9.42. The van der Waals surface area contributed by atoms with Gasteiger partial charge in [0.15, 0.2) is 0 Å². The lowest BCUT2D eigenvalue weighted by Gasteiger charge is -2.05. The van der Waals surface area contributed by atoms with Crippen molar-refractivity contribution < 1.29 is 13.2 Å². The Morgan fingerprint density at radius 1 is 1.17 bits per heavy atom. The number of hydrogen-bond donors (Lipinski definition) is 2. The normalized spacial score (nSPS) is 20.4. The molecule has 0 spiro atoms. The van der Waals surface area contributed by atoms with Crippen LogP contribution >= 0.6 is 0 Å². The minimum atomic E-state index is -3.45. The second-order valence-electron chi connectivity index (χ2n) is 6.07. The molecule has 3 N–H and O–H groups in total. The second kappa shape index (κ2) is 6.29. The Labute approximate surface area is 135 Å². The van der Waals surface area contributed by atoms with Gasteiger partial charge in [-0.1, -0.05) is 42.5 Å². The number of benzene rings is 2. The lowest BCUT2D eigenvalue weighted by Crippen LogP contribution is -2.28. The minimum Gasteiger partial charge on any atom is -0.356 e. The molecule has 6 heteroatoms. The number of carbonyl (C=O) groups excluding carboxylic acids is 1. The van der Waals surface area contributed by atoms with Crippen LogP contribution in [-0.4, -0.2) is 26.6 Å². The fourth-order valence-corrected chi connectivity index (χ4v) is 3.45. The molecule has 2 atom stereocenters. The number of amides is 1.